The third kappa shape index (κ3) is 5.57. The zero-order valence-corrected chi connectivity index (χ0v) is 20.4. The summed E-state index contributed by atoms with van der Waals surface area (Å²) < 4.78 is 42.6. The molecule has 1 heterocycles. The van der Waals surface area contributed by atoms with Crippen molar-refractivity contribution in [3.05, 3.63) is 53.8 Å². The van der Waals surface area contributed by atoms with Crippen LogP contribution in [-0.2, 0) is 30.8 Å². The van der Waals surface area contributed by atoms with Crippen molar-refractivity contribution in [3.8, 4) is 5.75 Å². The predicted octanol–water partition coefficient (Wildman–Crippen LogP) is 3.50. The number of nitrogens with zero attached hydrogens (tertiary/aromatic N) is 1. The Hall–Kier alpha value is -3.37. The van der Waals surface area contributed by atoms with Crippen molar-refractivity contribution >= 4 is 38.6 Å². The van der Waals surface area contributed by atoms with Gasteiger partial charge < -0.3 is 19.2 Å². The monoisotopic (exact) mass is 488 g/mol. The van der Waals surface area contributed by atoms with Crippen LogP contribution in [0.2, 0.25) is 0 Å². The lowest BCUT2D eigenvalue weighted by Gasteiger charge is -2.19. The van der Waals surface area contributed by atoms with Crippen LogP contribution in [0.1, 0.15) is 25.0 Å². The number of amides is 1. The molecule has 0 radical (unpaired) electrons. The largest absolute Gasteiger partial charge is 0.497 e. The molecule has 10 heteroatoms. The molecule has 1 amide bonds. The van der Waals surface area contributed by atoms with E-state index in [0.29, 0.717) is 41.2 Å². The molecule has 0 bridgehead atoms. The van der Waals surface area contributed by atoms with E-state index < -0.39 is 28.5 Å². The fraction of sp³-hybridized carbons (Fsp3) is 0.333. The third-order valence-corrected chi connectivity index (χ3v) is 7.43. The maximum Gasteiger partial charge on any atom is 0.310 e. The van der Waals surface area contributed by atoms with E-state index in [1.165, 1.54) is 22.7 Å². The van der Waals surface area contributed by atoms with Gasteiger partial charge in [0.25, 0.3) is 5.91 Å². The number of furan rings is 1. The van der Waals surface area contributed by atoms with E-state index in [-0.39, 0.29) is 11.3 Å². The van der Waals surface area contributed by atoms with Crippen LogP contribution in [0.4, 0.5) is 5.69 Å². The van der Waals surface area contributed by atoms with Crippen LogP contribution >= 0.6 is 0 Å². The first kappa shape index (κ1) is 25.3. The van der Waals surface area contributed by atoms with Gasteiger partial charge in [0, 0.05) is 35.8 Å². The predicted molar refractivity (Wildman–Crippen MR) is 127 cm³/mol. The lowest BCUT2D eigenvalue weighted by Crippen LogP contribution is -2.30. The SMILES string of the molecule is CCN(CC)S(=O)(=O)c1ccc(C)c(NC(=O)COC(=O)Cc2coc3cc(OC)ccc23)c1. The molecule has 3 rings (SSSR count). The van der Waals surface area contributed by atoms with Gasteiger partial charge in [-0.3, -0.25) is 9.59 Å². The quantitative estimate of drug-likeness (QED) is 0.434. The molecule has 1 aromatic heterocycles. The zero-order valence-electron chi connectivity index (χ0n) is 19.6. The number of carbonyl (C=O) groups excluding carboxylic acids is 2. The van der Waals surface area contributed by atoms with Gasteiger partial charge in [-0.1, -0.05) is 19.9 Å². The van der Waals surface area contributed by atoms with E-state index in [9.17, 15) is 18.0 Å². The minimum Gasteiger partial charge on any atom is -0.497 e. The summed E-state index contributed by atoms with van der Waals surface area (Å²) in [6.45, 7) is 5.43. The maximum absolute atomic E-state index is 12.8. The van der Waals surface area contributed by atoms with Crippen LogP contribution in [-0.4, -0.2) is 51.4 Å². The first-order chi connectivity index (χ1) is 16.2. The summed E-state index contributed by atoms with van der Waals surface area (Å²) in [5.74, 6) is -0.532. The fourth-order valence-electron chi connectivity index (χ4n) is 3.48. The molecular formula is C24H28N2O7S. The van der Waals surface area contributed by atoms with Crippen LogP contribution in [0.15, 0.2) is 52.0 Å². The molecule has 0 saturated carbocycles. The number of carbonyl (C=O) groups is 2. The summed E-state index contributed by atoms with van der Waals surface area (Å²) in [4.78, 5) is 24.7. The maximum atomic E-state index is 12.8. The van der Waals surface area contributed by atoms with E-state index in [4.69, 9.17) is 13.9 Å². The van der Waals surface area contributed by atoms with E-state index in [1.807, 2.05) is 0 Å². The van der Waals surface area contributed by atoms with Gasteiger partial charge in [0.1, 0.15) is 11.3 Å². The van der Waals surface area contributed by atoms with Crippen molar-refractivity contribution in [3.63, 3.8) is 0 Å². The summed E-state index contributed by atoms with van der Waals surface area (Å²) in [5, 5.41) is 3.38. The smallest absolute Gasteiger partial charge is 0.310 e. The van der Waals surface area contributed by atoms with Crippen LogP contribution < -0.4 is 10.1 Å². The molecule has 3 aromatic rings. The number of nitrogens with one attached hydrogen (secondary N) is 1. The second-order valence-electron chi connectivity index (χ2n) is 7.57. The Morgan fingerprint density at radius 1 is 1.09 bits per heavy atom. The molecule has 0 atom stereocenters. The van der Waals surface area contributed by atoms with E-state index >= 15 is 0 Å². The molecule has 0 aliphatic rings. The van der Waals surface area contributed by atoms with Gasteiger partial charge in [-0.15, -0.1) is 0 Å². The van der Waals surface area contributed by atoms with E-state index in [2.05, 4.69) is 5.32 Å². The number of aryl methyl sites for hydroxylation is 1. The average Bonchev–Trinajstić information content (AvgIpc) is 3.21. The van der Waals surface area contributed by atoms with E-state index in [0.717, 1.165) is 5.39 Å². The topological polar surface area (TPSA) is 115 Å². The molecule has 9 nitrogen and oxygen atoms in total. The van der Waals surface area contributed by atoms with Crippen molar-refractivity contribution in [2.24, 2.45) is 0 Å². The van der Waals surface area contributed by atoms with Gasteiger partial charge in [-0.2, -0.15) is 4.31 Å². The lowest BCUT2D eigenvalue weighted by molar-refractivity contribution is -0.146. The first-order valence-corrected chi connectivity index (χ1v) is 12.2. The number of hydrogen-bond acceptors (Lipinski definition) is 7. The summed E-state index contributed by atoms with van der Waals surface area (Å²) in [6.07, 6.45) is 1.40. The molecule has 0 aliphatic carbocycles. The van der Waals surface area contributed by atoms with Gasteiger partial charge in [-0.05, 0) is 36.8 Å². The number of sulfonamides is 1. The number of rotatable bonds is 10. The molecule has 0 aliphatic heterocycles. The second kappa shape index (κ2) is 10.7. The van der Waals surface area contributed by atoms with Gasteiger partial charge in [0.15, 0.2) is 6.61 Å². The summed E-state index contributed by atoms with van der Waals surface area (Å²) >= 11 is 0. The van der Waals surface area contributed by atoms with Crippen molar-refractivity contribution in [2.75, 3.05) is 32.1 Å². The van der Waals surface area contributed by atoms with Crippen molar-refractivity contribution in [1.82, 2.24) is 4.31 Å². The molecule has 2 aromatic carbocycles. The number of fused-ring (bicyclic) bond motifs is 1. The van der Waals surface area contributed by atoms with Crippen LogP contribution in [0, 0.1) is 6.92 Å². The highest BCUT2D eigenvalue weighted by Gasteiger charge is 2.22. The number of ether oxygens (including phenoxy) is 2. The lowest BCUT2D eigenvalue weighted by atomic mass is 10.1. The summed E-state index contributed by atoms with van der Waals surface area (Å²) in [5.41, 5.74) is 2.23. The molecular weight excluding hydrogens is 460 g/mol. The fourth-order valence-corrected chi connectivity index (χ4v) is 4.96. The number of anilines is 1. The highest BCUT2D eigenvalue weighted by atomic mass is 32.2. The van der Waals surface area contributed by atoms with Gasteiger partial charge in [-0.25, -0.2) is 8.42 Å². The highest BCUT2D eigenvalue weighted by molar-refractivity contribution is 7.89. The molecule has 1 N–H and O–H groups in total. The summed E-state index contributed by atoms with van der Waals surface area (Å²) in [6, 6.07) is 9.80. The van der Waals surface area contributed by atoms with Crippen LogP contribution in [0.3, 0.4) is 0 Å². The molecule has 182 valence electrons. The minimum absolute atomic E-state index is 0.0662. The molecule has 0 fully saturated rings. The first-order valence-electron chi connectivity index (χ1n) is 10.8. The Bertz CT molecular complexity index is 1290. The van der Waals surface area contributed by atoms with Gasteiger partial charge in [0.2, 0.25) is 10.0 Å². The highest BCUT2D eigenvalue weighted by Crippen LogP contribution is 2.26. The molecule has 0 saturated heterocycles. The standard InChI is InChI=1S/C24H28N2O7S/c1-5-26(6-2)34(29,30)19-9-7-16(3)21(13-19)25-23(27)15-33-24(28)11-17-14-32-22-12-18(31-4)8-10-20(17)22/h7-10,12-14H,5-6,11,15H2,1-4H3,(H,25,27). The van der Waals surface area contributed by atoms with Crippen LogP contribution in [0.25, 0.3) is 11.0 Å². The minimum atomic E-state index is -3.67. The average molecular weight is 489 g/mol. The Kier molecular flexibility index (Phi) is 7.95. The number of esters is 1. The molecule has 34 heavy (non-hydrogen) atoms. The second-order valence-corrected chi connectivity index (χ2v) is 9.51. The zero-order chi connectivity index (χ0) is 24.9. The summed E-state index contributed by atoms with van der Waals surface area (Å²) in [7, 11) is -2.12. The Morgan fingerprint density at radius 3 is 2.50 bits per heavy atom. The Morgan fingerprint density at radius 2 is 1.82 bits per heavy atom. The molecule has 0 spiro atoms. The van der Waals surface area contributed by atoms with Crippen LogP contribution in [0.5, 0.6) is 5.75 Å². The van der Waals surface area contributed by atoms with E-state index in [1.54, 1.807) is 52.1 Å². The van der Waals surface area contributed by atoms with Crippen molar-refractivity contribution in [2.45, 2.75) is 32.1 Å². The number of hydrogen-bond donors (Lipinski definition) is 1. The number of benzene rings is 2. The van der Waals surface area contributed by atoms with Gasteiger partial charge >= 0.3 is 5.97 Å². The Labute approximate surface area is 198 Å². The Balaban J connectivity index is 1.62. The van der Waals surface area contributed by atoms with Gasteiger partial charge in [0.05, 0.1) is 24.7 Å². The van der Waals surface area contributed by atoms with Crippen molar-refractivity contribution < 1.29 is 31.9 Å². The normalized spacial score (nSPS) is 11.6. The molecule has 0 unspecified atom stereocenters. The third-order valence-electron chi connectivity index (χ3n) is 5.39. The number of methoxy groups -OCH3 is 1. The van der Waals surface area contributed by atoms with Crippen molar-refractivity contribution in [1.29, 1.82) is 0 Å².